The average molecular weight is 238 g/mol. The Morgan fingerprint density at radius 1 is 0.750 bits per heavy atom. The van der Waals surface area contributed by atoms with E-state index in [1.54, 1.807) is 13.8 Å². The predicted molar refractivity (Wildman–Crippen MR) is 57.0 cm³/mol. The summed E-state index contributed by atoms with van der Waals surface area (Å²) >= 11 is 0. The molecule has 0 aromatic heterocycles. The predicted octanol–water partition coefficient (Wildman–Crippen LogP) is -1.50. The lowest BCUT2D eigenvalue weighted by atomic mass is 10.0. The summed E-state index contributed by atoms with van der Waals surface area (Å²) in [6.07, 6.45) is -5.37. The van der Waals surface area contributed by atoms with Gasteiger partial charge in [-0.1, -0.05) is 0 Å². The Kier molecular flexibility index (Phi) is 8.73. The highest BCUT2D eigenvalue weighted by molar-refractivity contribution is 4.80. The summed E-state index contributed by atoms with van der Waals surface area (Å²) in [7, 11) is 0. The standard InChI is InChI=1S/C10H22O6/c1-3-15-5-7(11)9(13)10(14)8(12)6-16-4-2/h7-14H,3-6H2,1-2H3/t7-,8-,9-,10-/m1/s1. The maximum absolute atomic E-state index is 9.49. The number of hydrogen-bond donors (Lipinski definition) is 4. The van der Waals surface area contributed by atoms with Crippen LogP contribution in [0.4, 0.5) is 0 Å². The lowest BCUT2D eigenvalue weighted by Crippen LogP contribution is -2.47. The van der Waals surface area contributed by atoms with Gasteiger partial charge in [0.1, 0.15) is 24.4 Å². The van der Waals surface area contributed by atoms with E-state index in [2.05, 4.69) is 0 Å². The van der Waals surface area contributed by atoms with Gasteiger partial charge in [-0.25, -0.2) is 0 Å². The van der Waals surface area contributed by atoms with Gasteiger partial charge in [-0.15, -0.1) is 0 Å². The van der Waals surface area contributed by atoms with Gasteiger partial charge in [0.05, 0.1) is 13.2 Å². The molecule has 0 aliphatic carbocycles. The molecule has 0 saturated carbocycles. The molecule has 0 aliphatic heterocycles. The molecular weight excluding hydrogens is 216 g/mol. The Morgan fingerprint density at radius 2 is 1.06 bits per heavy atom. The summed E-state index contributed by atoms with van der Waals surface area (Å²) in [6.45, 7) is 4.13. The number of aliphatic hydroxyl groups excluding tert-OH is 4. The van der Waals surface area contributed by atoms with E-state index in [1.807, 2.05) is 0 Å². The van der Waals surface area contributed by atoms with Crippen LogP contribution in [-0.2, 0) is 9.47 Å². The number of rotatable bonds is 9. The third kappa shape index (κ3) is 5.74. The van der Waals surface area contributed by atoms with Crippen molar-refractivity contribution in [3.8, 4) is 0 Å². The van der Waals surface area contributed by atoms with E-state index >= 15 is 0 Å². The molecule has 16 heavy (non-hydrogen) atoms. The molecule has 0 rings (SSSR count). The van der Waals surface area contributed by atoms with Gasteiger partial charge in [-0.3, -0.25) is 0 Å². The third-order valence-corrected chi connectivity index (χ3v) is 2.12. The summed E-state index contributed by atoms with van der Waals surface area (Å²) in [4.78, 5) is 0. The molecule has 0 aromatic carbocycles. The van der Waals surface area contributed by atoms with Crippen LogP contribution >= 0.6 is 0 Å². The molecule has 6 heteroatoms. The number of ether oxygens (including phenoxy) is 2. The fourth-order valence-corrected chi connectivity index (χ4v) is 1.13. The molecular formula is C10H22O6. The zero-order valence-electron chi connectivity index (χ0n) is 9.74. The summed E-state index contributed by atoms with van der Waals surface area (Å²) in [5, 5.41) is 37.8. The molecule has 0 aromatic rings. The Labute approximate surface area is 95.4 Å². The minimum Gasteiger partial charge on any atom is -0.388 e. The highest BCUT2D eigenvalue weighted by atomic mass is 16.5. The molecule has 0 spiro atoms. The topological polar surface area (TPSA) is 99.4 Å². The molecule has 0 bridgehead atoms. The molecule has 98 valence electrons. The normalized spacial score (nSPS) is 19.1. The first-order chi connectivity index (χ1) is 7.54. The zero-order chi connectivity index (χ0) is 12.6. The summed E-state index contributed by atoms with van der Waals surface area (Å²) in [5.41, 5.74) is 0. The Balaban J connectivity index is 3.98. The quantitative estimate of drug-likeness (QED) is 0.390. The Bertz CT molecular complexity index is 147. The van der Waals surface area contributed by atoms with Crippen LogP contribution in [0.25, 0.3) is 0 Å². The van der Waals surface area contributed by atoms with E-state index in [4.69, 9.17) is 9.47 Å². The third-order valence-electron chi connectivity index (χ3n) is 2.12. The molecule has 0 saturated heterocycles. The minimum absolute atomic E-state index is 0.0872. The molecule has 0 unspecified atom stereocenters. The SMILES string of the molecule is CCOC[C@@H](O)[C@@H](O)[C@H](O)[C@H](O)COCC. The molecule has 0 radical (unpaired) electrons. The number of hydrogen-bond acceptors (Lipinski definition) is 6. The first-order valence-electron chi connectivity index (χ1n) is 5.42. The van der Waals surface area contributed by atoms with Crippen LogP contribution in [0.5, 0.6) is 0 Å². The molecule has 4 N–H and O–H groups in total. The van der Waals surface area contributed by atoms with Crippen molar-refractivity contribution in [3.63, 3.8) is 0 Å². The fraction of sp³-hybridized carbons (Fsp3) is 1.00. The van der Waals surface area contributed by atoms with Crippen LogP contribution in [0.3, 0.4) is 0 Å². The first-order valence-corrected chi connectivity index (χ1v) is 5.42. The van der Waals surface area contributed by atoms with Crippen LogP contribution in [0, 0.1) is 0 Å². The summed E-state index contributed by atoms with van der Waals surface area (Å²) in [5.74, 6) is 0. The second-order valence-corrected chi connectivity index (χ2v) is 3.43. The second-order valence-electron chi connectivity index (χ2n) is 3.43. The van der Waals surface area contributed by atoms with Crippen molar-refractivity contribution in [1.82, 2.24) is 0 Å². The van der Waals surface area contributed by atoms with Gasteiger partial charge in [0.15, 0.2) is 0 Å². The highest BCUT2D eigenvalue weighted by Gasteiger charge is 2.30. The van der Waals surface area contributed by atoms with Crippen molar-refractivity contribution in [2.75, 3.05) is 26.4 Å². The lowest BCUT2D eigenvalue weighted by molar-refractivity contribution is -0.133. The van der Waals surface area contributed by atoms with Gasteiger partial charge in [0, 0.05) is 13.2 Å². The Morgan fingerprint density at radius 3 is 1.31 bits per heavy atom. The van der Waals surface area contributed by atoms with Crippen LogP contribution in [0.2, 0.25) is 0 Å². The van der Waals surface area contributed by atoms with Gasteiger partial charge < -0.3 is 29.9 Å². The monoisotopic (exact) mass is 238 g/mol. The summed E-state index contributed by atoms with van der Waals surface area (Å²) in [6, 6.07) is 0. The van der Waals surface area contributed by atoms with Crippen LogP contribution in [0.1, 0.15) is 13.8 Å². The largest absolute Gasteiger partial charge is 0.388 e. The lowest BCUT2D eigenvalue weighted by Gasteiger charge is -2.26. The van der Waals surface area contributed by atoms with E-state index in [-0.39, 0.29) is 13.2 Å². The van der Waals surface area contributed by atoms with E-state index in [1.165, 1.54) is 0 Å². The molecule has 0 heterocycles. The first kappa shape index (κ1) is 15.8. The Hall–Kier alpha value is -0.240. The van der Waals surface area contributed by atoms with Crippen molar-refractivity contribution < 1.29 is 29.9 Å². The van der Waals surface area contributed by atoms with Crippen molar-refractivity contribution in [3.05, 3.63) is 0 Å². The van der Waals surface area contributed by atoms with E-state index < -0.39 is 24.4 Å². The van der Waals surface area contributed by atoms with E-state index in [0.717, 1.165) is 0 Å². The zero-order valence-corrected chi connectivity index (χ0v) is 9.74. The molecule has 0 fully saturated rings. The van der Waals surface area contributed by atoms with Crippen LogP contribution in [-0.4, -0.2) is 71.3 Å². The smallest absolute Gasteiger partial charge is 0.111 e. The van der Waals surface area contributed by atoms with E-state index in [9.17, 15) is 20.4 Å². The summed E-state index contributed by atoms with van der Waals surface area (Å²) < 4.78 is 9.79. The van der Waals surface area contributed by atoms with Gasteiger partial charge in [-0.05, 0) is 13.8 Å². The maximum atomic E-state index is 9.49. The van der Waals surface area contributed by atoms with Crippen molar-refractivity contribution in [2.45, 2.75) is 38.3 Å². The van der Waals surface area contributed by atoms with Gasteiger partial charge in [-0.2, -0.15) is 0 Å². The second kappa shape index (κ2) is 8.86. The van der Waals surface area contributed by atoms with Crippen molar-refractivity contribution in [2.24, 2.45) is 0 Å². The fourth-order valence-electron chi connectivity index (χ4n) is 1.13. The van der Waals surface area contributed by atoms with Crippen molar-refractivity contribution >= 4 is 0 Å². The minimum atomic E-state index is -1.46. The average Bonchev–Trinajstić information content (AvgIpc) is 2.30. The van der Waals surface area contributed by atoms with E-state index in [0.29, 0.717) is 13.2 Å². The number of aliphatic hydroxyl groups is 4. The van der Waals surface area contributed by atoms with Gasteiger partial charge in [0.25, 0.3) is 0 Å². The van der Waals surface area contributed by atoms with Gasteiger partial charge >= 0.3 is 0 Å². The molecule has 6 nitrogen and oxygen atoms in total. The van der Waals surface area contributed by atoms with Crippen LogP contribution < -0.4 is 0 Å². The van der Waals surface area contributed by atoms with Crippen LogP contribution in [0.15, 0.2) is 0 Å². The molecule has 0 amide bonds. The highest BCUT2D eigenvalue weighted by Crippen LogP contribution is 2.06. The van der Waals surface area contributed by atoms with Crippen molar-refractivity contribution in [1.29, 1.82) is 0 Å². The maximum Gasteiger partial charge on any atom is 0.111 e. The van der Waals surface area contributed by atoms with Gasteiger partial charge in [0.2, 0.25) is 0 Å². The molecule has 0 aliphatic rings. The molecule has 4 atom stereocenters.